The summed E-state index contributed by atoms with van der Waals surface area (Å²) >= 11 is 0. The molecular formula is C13H14FN5O2. The van der Waals surface area contributed by atoms with Crippen molar-refractivity contribution in [3.8, 4) is 0 Å². The molecule has 0 unspecified atom stereocenters. The minimum absolute atomic E-state index is 0.157. The zero-order valence-corrected chi connectivity index (χ0v) is 11.5. The first-order chi connectivity index (χ1) is 9.93. The molecule has 2 rings (SSSR count). The fourth-order valence-electron chi connectivity index (χ4n) is 1.74. The highest BCUT2D eigenvalue weighted by atomic mass is 19.1. The molecule has 0 spiro atoms. The fourth-order valence-corrected chi connectivity index (χ4v) is 1.74. The molecule has 1 aromatic carbocycles. The topological polar surface area (TPSA) is 106 Å². The molecule has 0 saturated carbocycles. The molecule has 2 aromatic rings. The van der Waals surface area contributed by atoms with Gasteiger partial charge in [-0.3, -0.25) is 9.48 Å². The van der Waals surface area contributed by atoms with Gasteiger partial charge in [-0.1, -0.05) is 11.2 Å². The second-order valence-corrected chi connectivity index (χ2v) is 4.43. The van der Waals surface area contributed by atoms with Crippen molar-refractivity contribution in [3.05, 3.63) is 46.9 Å². The van der Waals surface area contributed by atoms with Crippen LogP contribution in [-0.4, -0.2) is 26.7 Å². The molecule has 0 radical (unpaired) electrons. The van der Waals surface area contributed by atoms with E-state index < -0.39 is 11.7 Å². The summed E-state index contributed by atoms with van der Waals surface area (Å²) in [6.45, 7) is 1.61. The molecule has 21 heavy (non-hydrogen) atoms. The number of carbonyl (C=O) groups is 1. The van der Waals surface area contributed by atoms with E-state index in [0.717, 1.165) is 6.07 Å². The van der Waals surface area contributed by atoms with E-state index in [0.29, 0.717) is 5.56 Å². The summed E-state index contributed by atoms with van der Waals surface area (Å²) in [5.74, 6) is -0.932. The molecule has 8 heteroatoms. The van der Waals surface area contributed by atoms with E-state index >= 15 is 0 Å². The number of nitrogens with one attached hydrogen (secondary N) is 1. The quantitative estimate of drug-likeness (QED) is 0.342. The maximum Gasteiger partial charge on any atom is 0.256 e. The summed E-state index contributed by atoms with van der Waals surface area (Å²) in [7, 11) is 1.58. The molecule has 0 fully saturated rings. The van der Waals surface area contributed by atoms with Crippen LogP contribution >= 0.6 is 0 Å². The number of carbonyl (C=O) groups excluding carboxylic acids is 1. The Morgan fingerprint density at radius 2 is 2.24 bits per heavy atom. The Labute approximate surface area is 119 Å². The van der Waals surface area contributed by atoms with Crippen molar-refractivity contribution in [3.63, 3.8) is 0 Å². The van der Waals surface area contributed by atoms with Gasteiger partial charge in [0.05, 0.1) is 11.8 Å². The molecule has 1 heterocycles. The van der Waals surface area contributed by atoms with Gasteiger partial charge < -0.3 is 16.3 Å². The molecule has 1 aromatic heterocycles. The minimum atomic E-state index is -0.524. The van der Waals surface area contributed by atoms with Gasteiger partial charge in [-0.05, 0) is 24.6 Å². The van der Waals surface area contributed by atoms with Crippen LogP contribution in [0.4, 0.5) is 10.2 Å². The van der Waals surface area contributed by atoms with Crippen LogP contribution in [0.15, 0.2) is 29.6 Å². The number of anilines is 1. The van der Waals surface area contributed by atoms with Crippen molar-refractivity contribution < 1.29 is 14.4 Å². The normalized spacial score (nSPS) is 11.5. The number of nitrogens with zero attached hydrogens (tertiary/aromatic N) is 3. The predicted octanol–water partition coefficient (Wildman–Crippen LogP) is 1.21. The third-order valence-corrected chi connectivity index (χ3v) is 2.99. The first kappa shape index (κ1) is 14.5. The second kappa shape index (κ2) is 5.61. The lowest BCUT2D eigenvalue weighted by Crippen LogP contribution is -2.20. The zero-order valence-electron chi connectivity index (χ0n) is 11.5. The Balaban J connectivity index is 2.31. The van der Waals surface area contributed by atoms with Gasteiger partial charge >= 0.3 is 0 Å². The Morgan fingerprint density at radius 3 is 2.86 bits per heavy atom. The first-order valence-corrected chi connectivity index (χ1v) is 6.01. The van der Waals surface area contributed by atoms with Gasteiger partial charge in [0.1, 0.15) is 11.6 Å². The number of oxime groups is 1. The molecule has 4 N–H and O–H groups in total. The molecule has 0 aliphatic carbocycles. The third kappa shape index (κ3) is 2.83. The molecule has 0 aliphatic heterocycles. The smallest absolute Gasteiger partial charge is 0.256 e. The minimum Gasteiger partial charge on any atom is -0.409 e. The van der Waals surface area contributed by atoms with E-state index in [-0.39, 0.29) is 22.8 Å². The zero-order chi connectivity index (χ0) is 15.6. The maximum atomic E-state index is 13.5. The van der Waals surface area contributed by atoms with Gasteiger partial charge in [-0.15, -0.1) is 0 Å². The van der Waals surface area contributed by atoms with E-state index in [1.807, 2.05) is 0 Å². The van der Waals surface area contributed by atoms with Crippen LogP contribution in [0, 0.1) is 12.7 Å². The third-order valence-electron chi connectivity index (χ3n) is 2.99. The monoisotopic (exact) mass is 291 g/mol. The van der Waals surface area contributed by atoms with Crippen molar-refractivity contribution in [1.29, 1.82) is 0 Å². The van der Waals surface area contributed by atoms with Crippen LogP contribution in [0.2, 0.25) is 0 Å². The Morgan fingerprint density at radius 1 is 1.52 bits per heavy atom. The van der Waals surface area contributed by atoms with Crippen LogP contribution in [0.3, 0.4) is 0 Å². The van der Waals surface area contributed by atoms with Crippen molar-refractivity contribution in [1.82, 2.24) is 9.78 Å². The number of hydrogen-bond donors (Lipinski definition) is 3. The van der Waals surface area contributed by atoms with Crippen molar-refractivity contribution in [2.75, 3.05) is 5.32 Å². The lowest BCUT2D eigenvalue weighted by molar-refractivity contribution is 0.102. The molecule has 1 amide bonds. The van der Waals surface area contributed by atoms with Crippen molar-refractivity contribution in [2.24, 2.45) is 17.9 Å². The second-order valence-electron chi connectivity index (χ2n) is 4.43. The SMILES string of the molecule is Cc1ccc(C(=O)Nc2c(C(N)=NO)cnn2C)cc1F. The van der Waals surface area contributed by atoms with Crippen LogP contribution in [0.25, 0.3) is 0 Å². The molecule has 0 aliphatic rings. The Bertz CT molecular complexity index is 723. The summed E-state index contributed by atoms with van der Waals surface area (Å²) in [5, 5.41) is 18.1. The number of aryl methyl sites for hydroxylation is 2. The van der Waals surface area contributed by atoms with Crippen molar-refractivity contribution in [2.45, 2.75) is 6.92 Å². The number of nitrogens with two attached hydrogens (primary N) is 1. The van der Waals surface area contributed by atoms with Gasteiger partial charge in [0.2, 0.25) is 0 Å². The van der Waals surface area contributed by atoms with E-state index in [1.165, 1.54) is 23.0 Å². The van der Waals surface area contributed by atoms with E-state index in [9.17, 15) is 9.18 Å². The summed E-state index contributed by atoms with van der Waals surface area (Å²) < 4.78 is 14.8. The lowest BCUT2D eigenvalue weighted by Gasteiger charge is -2.08. The number of aromatic nitrogens is 2. The molecule has 7 nitrogen and oxygen atoms in total. The highest BCUT2D eigenvalue weighted by molar-refractivity contribution is 6.09. The van der Waals surface area contributed by atoms with E-state index in [4.69, 9.17) is 10.9 Å². The van der Waals surface area contributed by atoms with Crippen LogP contribution < -0.4 is 11.1 Å². The van der Waals surface area contributed by atoms with Gasteiger partial charge in [-0.2, -0.15) is 5.10 Å². The van der Waals surface area contributed by atoms with Crippen LogP contribution in [0.1, 0.15) is 21.5 Å². The number of amides is 1. The van der Waals surface area contributed by atoms with Crippen LogP contribution in [-0.2, 0) is 7.05 Å². The first-order valence-electron chi connectivity index (χ1n) is 6.01. The number of halogens is 1. The number of amidine groups is 1. The predicted molar refractivity (Wildman–Crippen MR) is 74.8 cm³/mol. The fraction of sp³-hybridized carbons (Fsp3) is 0.154. The summed E-state index contributed by atoms with van der Waals surface area (Å²) in [6, 6.07) is 4.16. The van der Waals surface area contributed by atoms with Gasteiger partial charge in [0.25, 0.3) is 5.91 Å². The van der Waals surface area contributed by atoms with Gasteiger partial charge in [0, 0.05) is 12.6 Å². The molecule has 0 saturated heterocycles. The maximum absolute atomic E-state index is 13.5. The van der Waals surface area contributed by atoms with E-state index in [1.54, 1.807) is 14.0 Å². The Kier molecular flexibility index (Phi) is 3.88. The van der Waals surface area contributed by atoms with Gasteiger partial charge in [0.15, 0.2) is 5.84 Å². The van der Waals surface area contributed by atoms with Crippen molar-refractivity contribution >= 4 is 17.6 Å². The summed E-state index contributed by atoms with van der Waals surface area (Å²) in [4.78, 5) is 12.1. The molecular weight excluding hydrogens is 277 g/mol. The standard InChI is InChI=1S/C13H14FN5O2/c1-7-3-4-8(5-10(7)14)13(20)17-12-9(11(15)18-21)6-16-19(12)2/h3-6,21H,1-2H3,(H2,15,18)(H,17,20). The lowest BCUT2D eigenvalue weighted by atomic mass is 10.1. The largest absolute Gasteiger partial charge is 0.409 e. The average molecular weight is 291 g/mol. The summed E-state index contributed by atoms with van der Waals surface area (Å²) in [6.07, 6.45) is 1.35. The Hall–Kier alpha value is -2.90. The molecule has 0 bridgehead atoms. The van der Waals surface area contributed by atoms with Crippen LogP contribution in [0.5, 0.6) is 0 Å². The summed E-state index contributed by atoms with van der Waals surface area (Å²) in [5.41, 5.74) is 6.37. The number of hydrogen-bond acceptors (Lipinski definition) is 4. The van der Waals surface area contributed by atoms with Gasteiger partial charge in [-0.25, -0.2) is 4.39 Å². The number of rotatable bonds is 3. The highest BCUT2D eigenvalue weighted by Gasteiger charge is 2.16. The number of benzene rings is 1. The van der Waals surface area contributed by atoms with E-state index in [2.05, 4.69) is 15.6 Å². The molecule has 110 valence electrons. The highest BCUT2D eigenvalue weighted by Crippen LogP contribution is 2.16. The average Bonchev–Trinajstić information content (AvgIpc) is 2.82. The molecule has 0 atom stereocenters.